The lowest BCUT2D eigenvalue weighted by Crippen LogP contribution is -2.56. The van der Waals surface area contributed by atoms with Gasteiger partial charge in [-0.25, -0.2) is 27.1 Å². The van der Waals surface area contributed by atoms with E-state index in [1.165, 1.54) is 17.5 Å². The molecular formula is C28H30F7N7O3. The minimum atomic E-state index is -5.31. The van der Waals surface area contributed by atoms with Crippen molar-refractivity contribution in [2.24, 2.45) is 0 Å². The van der Waals surface area contributed by atoms with Gasteiger partial charge in [0.05, 0.1) is 18.3 Å². The summed E-state index contributed by atoms with van der Waals surface area (Å²) in [5, 5.41) is 16.2. The van der Waals surface area contributed by atoms with Crippen LogP contribution < -0.4 is 11.1 Å². The number of benzene rings is 1. The monoisotopic (exact) mass is 645 g/mol. The van der Waals surface area contributed by atoms with Crippen LogP contribution in [0.1, 0.15) is 41.3 Å². The smallest absolute Gasteiger partial charge is 0.382 e. The van der Waals surface area contributed by atoms with Gasteiger partial charge in [-0.1, -0.05) is 0 Å². The average Bonchev–Trinajstić information content (AvgIpc) is 3.49. The average molecular weight is 646 g/mol. The fourth-order valence-corrected chi connectivity index (χ4v) is 5.59. The number of alkyl halides is 6. The second-order valence-electron chi connectivity index (χ2n) is 11.6. The molecular weight excluding hydrogens is 615 g/mol. The van der Waals surface area contributed by atoms with Crippen LogP contribution in [0.15, 0.2) is 24.5 Å². The Kier molecular flexibility index (Phi) is 8.23. The quantitative estimate of drug-likeness (QED) is 0.351. The number of carbonyl (C=O) groups is 2. The Balaban J connectivity index is 1.42. The molecule has 0 aliphatic carbocycles. The van der Waals surface area contributed by atoms with Crippen molar-refractivity contribution in [3.63, 3.8) is 0 Å². The first-order valence-corrected chi connectivity index (χ1v) is 13.9. The number of nitrogens with one attached hydrogen (secondary N) is 1. The Bertz CT molecular complexity index is 1630. The molecule has 5 rings (SSSR count). The number of fused-ring (bicyclic) bond motifs is 1. The highest BCUT2D eigenvalue weighted by atomic mass is 19.4. The van der Waals surface area contributed by atoms with Crippen LogP contribution in [0.5, 0.6) is 0 Å². The maximum atomic E-state index is 15.4. The molecule has 2 amide bonds. The van der Waals surface area contributed by atoms with Gasteiger partial charge in [0, 0.05) is 50.1 Å². The van der Waals surface area contributed by atoms with Gasteiger partial charge in [-0.15, -0.1) is 0 Å². The predicted molar refractivity (Wildman–Crippen MR) is 146 cm³/mol. The van der Waals surface area contributed by atoms with Gasteiger partial charge in [-0.2, -0.15) is 18.3 Å². The predicted octanol–water partition coefficient (Wildman–Crippen LogP) is 3.25. The number of aromatic nitrogens is 3. The molecule has 244 valence electrons. The molecule has 0 saturated carbocycles. The van der Waals surface area contributed by atoms with E-state index in [0.29, 0.717) is 16.0 Å². The third-order valence-electron chi connectivity index (χ3n) is 8.30. The lowest BCUT2D eigenvalue weighted by Gasteiger charge is -2.31. The van der Waals surface area contributed by atoms with Crippen molar-refractivity contribution in [3.05, 3.63) is 47.0 Å². The Labute approximate surface area is 252 Å². The topological polar surface area (TPSA) is 129 Å². The second-order valence-corrected chi connectivity index (χ2v) is 11.6. The number of likely N-dealkylation sites (tertiary alicyclic amines) is 2. The molecule has 2 aliphatic rings. The van der Waals surface area contributed by atoms with Crippen LogP contribution in [0.4, 0.5) is 36.6 Å². The van der Waals surface area contributed by atoms with E-state index in [4.69, 9.17) is 5.73 Å². The molecule has 3 aromatic rings. The van der Waals surface area contributed by atoms with E-state index in [9.17, 15) is 41.0 Å². The number of amides is 2. The van der Waals surface area contributed by atoms with Crippen molar-refractivity contribution in [2.45, 2.75) is 63.1 Å². The van der Waals surface area contributed by atoms with E-state index in [-0.39, 0.29) is 67.6 Å². The molecule has 45 heavy (non-hydrogen) atoms. The van der Waals surface area contributed by atoms with E-state index < -0.39 is 60.6 Å². The van der Waals surface area contributed by atoms with Crippen LogP contribution in [0, 0.1) is 12.7 Å². The van der Waals surface area contributed by atoms with Gasteiger partial charge < -0.3 is 21.1 Å². The van der Waals surface area contributed by atoms with E-state index in [0.717, 1.165) is 12.4 Å². The van der Waals surface area contributed by atoms with Crippen molar-refractivity contribution < 1.29 is 45.4 Å². The third kappa shape index (κ3) is 6.14. The summed E-state index contributed by atoms with van der Waals surface area (Å²) in [6, 6.07) is 2.42. The zero-order valence-corrected chi connectivity index (χ0v) is 24.1. The molecule has 17 heteroatoms. The van der Waals surface area contributed by atoms with Crippen molar-refractivity contribution in [3.8, 4) is 11.3 Å². The van der Waals surface area contributed by atoms with E-state index >= 15 is 4.39 Å². The number of halogens is 7. The maximum Gasteiger partial charge on any atom is 0.426 e. The fraction of sp³-hybridized carbons (Fsp3) is 0.500. The van der Waals surface area contributed by atoms with Crippen LogP contribution in [-0.4, -0.2) is 97.4 Å². The molecule has 4 N–H and O–H groups in total. The molecule has 2 saturated heterocycles. The van der Waals surface area contributed by atoms with Gasteiger partial charge in [0.2, 0.25) is 5.60 Å². The highest BCUT2D eigenvalue weighted by Crippen LogP contribution is 2.35. The second kappa shape index (κ2) is 11.4. The largest absolute Gasteiger partial charge is 0.426 e. The fourth-order valence-electron chi connectivity index (χ4n) is 5.59. The zero-order chi connectivity index (χ0) is 33.1. The van der Waals surface area contributed by atoms with Crippen LogP contribution in [0.3, 0.4) is 0 Å². The van der Waals surface area contributed by atoms with Gasteiger partial charge in [-0.05, 0) is 43.2 Å². The number of hydrogen-bond donors (Lipinski definition) is 3. The summed E-state index contributed by atoms with van der Waals surface area (Å²) in [5.74, 6) is -6.10. The number of aryl methyl sites for hydroxylation is 1. The first-order valence-electron chi connectivity index (χ1n) is 13.9. The molecule has 2 fully saturated rings. The number of nitrogens with two attached hydrogens (primary N) is 1. The van der Waals surface area contributed by atoms with Gasteiger partial charge in [0.15, 0.2) is 5.82 Å². The lowest BCUT2D eigenvalue weighted by atomic mass is 10.0. The highest BCUT2D eigenvalue weighted by Gasteiger charge is 2.58. The SMILES string of the molecule is Cc1cc(F)c(-c2cc(CN3CCC(F)(F)CC3)c3c(N)ncnn23)cc1C(=O)N[C@@H]1CN(C(=O)C(C)(O)C(F)(F)F)C[C@@H]1F. The van der Waals surface area contributed by atoms with E-state index in [1.807, 2.05) is 0 Å². The first kappa shape index (κ1) is 32.4. The van der Waals surface area contributed by atoms with Crippen LogP contribution in [-0.2, 0) is 11.3 Å². The summed E-state index contributed by atoms with van der Waals surface area (Å²) in [5.41, 5.74) is 3.34. The molecule has 2 aromatic heterocycles. The summed E-state index contributed by atoms with van der Waals surface area (Å²) in [6.45, 7) is 0.669. The first-order chi connectivity index (χ1) is 20.9. The zero-order valence-electron chi connectivity index (χ0n) is 24.1. The minimum absolute atomic E-state index is 0.0536. The summed E-state index contributed by atoms with van der Waals surface area (Å²) < 4.78 is 98.4. The number of hydrogen-bond acceptors (Lipinski definition) is 7. The number of aliphatic hydroxyl groups is 1. The van der Waals surface area contributed by atoms with E-state index in [1.54, 1.807) is 11.0 Å². The summed E-state index contributed by atoms with van der Waals surface area (Å²) in [7, 11) is 0. The molecule has 1 aromatic carbocycles. The summed E-state index contributed by atoms with van der Waals surface area (Å²) in [4.78, 5) is 31.9. The number of nitrogen functional groups attached to an aromatic ring is 1. The van der Waals surface area contributed by atoms with Gasteiger partial charge in [0.25, 0.3) is 17.7 Å². The number of carbonyl (C=O) groups excluding carboxylic acids is 2. The molecule has 0 spiro atoms. The Morgan fingerprint density at radius 3 is 2.47 bits per heavy atom. The number of nitrogens with zero attached hydrogens (tertiary/aromatic N) is 5. The summed E-state index contributed by atoms with van der Waals surface area (Å²) >= 11 is 0. The third-order valence-corrected chi connectivity index (χ3v) is 8.30. The molecule has 4 heterocycles. The molecule has 3 atom stereocenters. The molecule has 0 radical (unpaired) electrons. The van der Waals surface area contributed by atoms with Crippen molar-refractivity contribution in [2.75, 3.05) is 31.9 Å². The van der Waals surface area contributed by atoms with Crippen LogP contribution in [0.2, 0.25) is 0 Å². The maximum absolute atomic E-state index is 15.4. The van der Waals surface area contributed by atoms with Gasteiger partial charge in [0.1, 0.15) is 23.8 Å². The number of anilines is 1. The molecule has 0 bridgehead atoms. The normalized spacial score (nSPS) is 22.0. The molecule has 2 aliphatic heterocycles. The van der Waals surface area contributed by atoms with E-state index in [2.05, 4.69) is 15.4 Å². The number of piperidine rings is 1. The van der Waals surface area contributed by atoms with Gasteiger partial charge in [-0.3, -0.25) is 14.5 Å². The van der Waals surface area contributed by atoms with Crippen molar-refractivity contribution >= 4 is 23.1 Å². The lowest BCUT2D eigenvalue weighted by molar-refractivity contribution is -0.249. The van der Waals surface area contributed by atoms with Crippen molar-refractivity contribution in [1.29, 1.82) is 0 Å². The minimum Gasteiger partial charge on any atom is -0.382 e. The van der Waals surface area contributed by atoms with Crippen LogP contribution >= 0.6 is 0 Å². The Hall–Kier alpha value is -3.99. The standard InChI is InChI=1S/C28H30F7N7O3/c1-14-7-18(29)17(9-16(14)24(43)39-20-12-41(11-19(20)30)25(44)26(2,45)28(33,34)35)21-8-15(22-23(36)37-13-38-42(21)22)10-40-5-3-27(31,32)4-6-40/h7-9,13,19-20,45H,3-6,10-12H2,1-2H3,(H,39,43)(H2,36,37,38)/t19-,20+,26?/m0/s1. The Morgan fingerprint density at radius 1 is 1.16 bits per heavy atom. The highest BCUT2D eigenvalue weighted by molar-refractivity contribution is 5.97. The van der Waals surface area contributed by atoms with Gasteiger partial charge >= 0.3 is 6.18 Å². The molecule has 10 nitrogen and oxygen atoms in total. The summed E-state index contributed by atoms with van der Waals surface area (Å²) in [6.07, 6.45) is -6.76. The number of rotatable bonds is 6. The van der Waals surface area contributed by atoms with Crippen LogP contribution in [0.25, 0.3) is 16.8 Å². The molecule has 1 unspecified atom stereocenters. The van der Waals surface area contributed by atoms with Crippen molar-refractivity contribution in [1.82, 2.24) is 29.7 Å². The Morgan fingerprint density at radius 2 is 1.82 bits per heavy atom.